The summed E-state index contributed by atoms with van der Waals surface area (Å²) in [6, 6.07) is 3.27. The number of piperidine rings is 1. The first-order valence-electron chi connectivity index (χ1n) is 6.96. The first-order valence-corrected chi connectivity index (χ1v) is 8.40. The molecule has 116 valence electrons. The number of hydrogen-bond donors (Lipinski definition) is 0. The SMILES string of the molecule is CC(=O)C1CCCN(c2ccc(S(=O)(=O)N(C)C)cn2)C1. The minimum absolute atomic E-state index is 0.0470. The van der Waals surface area contributed by atoms with Crippen molar-refractivity contribution in [1.82, 2.24) is 9.29 Å². The molecule has 6 nitrogen and oxygen atoms in total. The van der Waals surface area contributed by atoms with Crippen LogP contribution in [0.2, 0.25) is 0 Å². The quantitative estimate of drug-likeness (QED) is 0.834. The van der Waals surface area contributed by atoms with Crippen LogP contribution in [-0.4, -0.2) is 50.7 Å². The van der Waals surface area contributed by atoms with Gasteiger partial charge in [-0.15, -0.1) is 0 Å². The van der Waals surface area contributed by atoms with Crippen LogP contribution in [0.4, 0.5) is 5.82 Å². The van der Waals surface area contributed by atoms with Gasteiger partial charge in [-0.1, -0.05) is 0 Å². The molecule has 2 heterocycles. The molecule has 0 bridgehead atoms. The summed E-state index contributed by atoms with van der Waals surface area (Å²) in [6.45, 7) is 3.12. The molecule has 1 aromatic rings. The van der Waals surface area contributed by atoms with Gasteiger partial charge in [-0.05, 0) is 31.9 Å². The fourth-order valence-corrected chi connectivity index (χ4v) is 3.29. The van der Waals surface area contributed by atoms with Crippen molar-refractivity contribution in [2.75, 3.05) is 32.1 Å². The van der Waals surface area contributed by atoms with E-state index in [1.807, 2.05) is 4.90 Å². The van der Waals surface area contributed by atoms with E-state index in [9.17, 15) is 13.2 Å². The van der Waals surface area contributed by atoms with Crippen LogP contribution in [0.3, 0.4) is 0 Å². The van der Waals surface area contributed by atoms with Crippen LogP contribution in [-0.2, 0) is 14.8 Å². The van der Waals surface area contributed by atoms with E-state index in [4.69, 9.17) is 0 Å². The zero-order chi connectivity index (χ0) is 15.6. The highest BCUT2D eigenvalue weighted by atomic mass is 32.2. The van der Waals surface area contributed by atoms with Gasteiger partial charge >= 0.3 is 0 Å². The van der Waals surface area contributed by atoms with Crippen molar-refractivity contribution < 1.29 is 13.2 Å². The predicted octanol–water partition coefficient (Wildman–Crippen LogP) is 1.14. The van der Waals surface area contributed by atoms with E-state index in [0.717, 1.165) is 29.5 Å². The Morgan fingerprint density at radius 2 is 2.10 bits per heavy atom. The number of nitrogens with zero attached hydrogens (tertiary/aromatic N) is 3. The van der Waals surface area contributed by atoms with Gasteiger partial charge in [0.25, 0.3) is 0 Å². The summed E-state index contributed by atoms with van der Waals surface area (Å²) < 4.78 is 25.1. The molecule has 1 saturated heterocycles. The van der Waals surface area contributed by atoms with Crippen molar-refractivity contribution >= 4 is 21.6 Å². The maximum Gasteiger partial charge on any atom is 0.244 e. The van der Waals surface area contributed by atoms with Crippen LogP contribution in [0, 0.1) is 5.92 Å². The number of pyridine rings is 1. The summed E-state index contributed by atoms with van der Waals surface area (Å²) in [5, 5.41) is 0. The molecule has 0 N–H and O–H groups in total. The van der Waals surface area contributed by atoms with E-state index < -0.39 is 10.0 Å². The molecule has 7 heteroatoms. The summed E-state index contributed by atoms with van der Waals surface area (Å²) in [4.78, 5) is 18.0. The van der Waals surface area contributed by atoms with E-state index in [-0.39, 0.29) is 16.6 Å². The molecule has 1 fully saturated rings. The van der Waals surface area contributed by atoms with Gasteiger partial charge in [-0.2, -0.15) is 0 Å². The third kappa shape index (κ3) is 3.41. The average molecular weight is 311 g/mol. The summed E-state index contributed by atoms with van der Waals surface area (Å²) in [6.07, 6.45) is 3.24. The number of ketones is 1. The van der Waals surface area contributed by atoms with Crippen molar-refractivity contribution in [3.63, 3.8) is 0 Å². The zero-order valence-corrected chi connectivity index (χ0v) is 13.4. The lowest BCUT2D eigenvalue weighted by Gasteiger charge is -2.32. The molecule has 0 saturated carbocycles. The molecule has 1 aliphatic heterocycles. The van der Waals surface area contributed by atoms with Crippen LogP contribution in [0.1, 0.15) is 19.8 Å². The number of anilines is 1. The third-order valence-electron chi connectivity index (χ3n) is 3.82. The van der Waals surface area contributed by atoms with Crippen LogP contribution >= 0.6 is 0 Å². The third-order valence-corrected chi connectivity index (χ3v) is 5.62. The molecular weight excluding hydrogens is 290 g/mol. The molecule has 0 radical (unpaired) electrons. The maximum absolute atomic E-state index is 12.0. The standard InChI is InChI=1S/C14H21N3O3S/c1-11(18)12-5-4-8-17(10-12)14-7-6-13(9-15-14)21(19,20)16(2)3/h6-7,9,12H,4-5,8,10H2,1-3H3. The van der Waals surface area contributed by atoms with Crippen LogP contribution < -0.4 is 4.90 Å². The van der Waals surface area contributed by atoms with E-state index in [1.165, 1.54) is 20.3 Å². The van der Waals surface area contributed by atoms with Gasteiger partial charge in [0.05, 0.1) is 0 Å². The number of carbonyl (C=O) groups is 1. The molecule has 1 aromatic heterocycles. The Labute approximate surface area is 125 Å². The van der Waals surface area contributed by atoms with Gasteiger partial charge in [-0.25, -0.2) is 17.7 Å². The molecule has 1 unspecified atom stereocenters. The van der Waals surface area contributed by atoms with Gasteiger partial charge in [0.2, 0.25) is 10.0 Å². The monoisotopic (exact) mass is 311 g/mol. The summed E-state index contributed by atoms with van der Waals surface area (Å²) in [5.41, 5.74) is 0. The smallest absolute Gasteiger partial charge is 0.244 e. The Bertz CT molecular complexity index is 611. The topological polar surface area (TPSA) is 70.6 Å². The van der Waals surface area contributed by atoms with E-state index in [2.05, 4.69) is 4.98 Å². The molecule has 2 rings (SSSR count). The normalized spacial score (nSPS) is 19.8. The van der Waals surface area contributed by atoms with Gasteiger partial charge < -0.3 is 4.90 Å². The fraction of sp³-hybridized carbons (Fsp3) is 0.571. The minimum Gasteiger partial charge on any atom is -0.356 e. The Kier molecular flexibility index (Phi) is 4.63. The molecule has 21 heavy (non-hydrogen) atoms. The summed E-state index contributed by atoms with van der Waals surface area (Å²) in [5.74, 6) is 0.968. The lowest BCUT2D eigenvalue weighted by Crippen LogP contribution is -2.38. The van der Waals surface area contributed by atoms with Gasteiger partial charge in [0, 0.05) is 39.3 Å². The number of hydrogen-bond acceptors (Lipinski definition) is 5. The molecule has 0 aliphatic carbocycles. The Hall–Kier alpha value is -1.47. The first kappa shape index (κ1) is 15.9. The van der Waals surface area contributed by atoms with E-state index >= 15 is 0 Å². The van der Waals surface area contributed by atoms with Gasteiger partial charge in [0.1, 0.15) is 16.5 Å². The van der Waals surface area contributed by atoms with Crippen LogP contribution in [0.5, 0.6) is 0 Å². The highest BCUT2D eigenvalue weighted by molar-refractivity contribution is 7.89. The number of Topliss-reactive ketones (excluding diaryl/α,β-unsaturated/α-hetero) is 1. The second kappa shape index (κ2) is 6.11. The largest absolute Gasteiger partial charge is 0.356 e. The van der Waals surface area contributed by atoms with E-state index in [1.54, 1.807) is 19.1 Å². The summed E-state index contributed by atoms with van der Waals surface area (Å²) >= 11 is 0. The van der Waals surface area contributed by atoms with Gasteiger partial charge in [0.15, 0.2) is 0 Å². The van der Waals surface area contributed by atoms with Crippen LogP contribution in [0.15, 0.2) is 23.2 Å². The molecule has 0 spiro atoms. The molecule has 1 aliphatic rings. The number of carbonyl (C=O) groups excluding carboxylic acids is 1. The molecule has 0 amide bonds. The Morgan fingerprint density at radius 3 is 2.62 bits per heavy atom. The van der Waals surface area contributed by atoms with Gasteiger partial charge in [-0.3, -0.25) is 4.79 Å². The second-order valence-electron chi connectivity index (χ2n) is 5.54. The highest BCUT2D eigenvalue weighted by Gasteiger charge is 2.24. The Morgan fingerprint density at radius 1 is 1.38 bits per heavy atom. The van der Waals surface area contributed by atoms with Crippen molar-refractivity contribution in [3.8, 4) is 0 Å². The first-order chi connectivity index (χ1) is 9.82. The minimum atomic E-state index is -3.45. The van der Waals surface area contributed by atoms with Crippen molar-refractivity contribution in [3.05, 3.63) is 18.3 Å². The maximum atomic E-state index is 12.0. The summed E-state index contributed by atoms with van der Waals surface area (Å²) in [7, 11) is -0.468. The molecule has 1 atom stereocenters. The zero-order valence-electron chi connectivity index (χ0n) is 12.6. The fourth-order valence-electron chi connectivity index (χ4n) is 2.44. The molecular formula is C14H21N3O3S. The van der Waals surface area contributed by atoms with Crippen molar-refractivity contribution in [1.29, 1.82) is 0 Å². The number of rotatable bonds is 4. The highest BCUT2D eigenvalue weighted by Crippen LogP contribution is 2.23. The second-order valence-corrected chi connectivity index (χ2v) is 7.69. The van der Waals surface area contributed by atoms with Crippen molar-refractivity contribution in [2.45, 2.75) is 24.7 Å². The lowest BCUT2D eigenvalue weighted by atomic mass is 9.95. The Balaban J connectivity index is 2.18. The average Bonchev–Trinajstić information content (AvgIpc) is 2.47. The predicted molar refractivity (Wildman–Crippen MR) is 80.7 cm³/mol. The van der Waals surface area contributed by atoms with E-state index in [0.29, 0.717) is 6.54 Å². The van der Waals surface area contributed by atoms with Crippen LogP contribution in [0.25, 0.3) is 0 Å². The number of sulfonamides is 1. The lowest BCUT2D eigenvalue weighted by molar-refractivity contribution is -0.120. The molecule has 0 aromatic carbocycles. The number of aromatic nitrogens is 1. The van der Waals surface area contributed by atoms with Crippen molar-refractivity contribution in [2.24, 2.45) is 5.92 Å².